The van der Waals surface area contributed by atoms with Gasteiger partial charge in [0.25, 0.3) is 0 Å². The maximum atomic E-state index is 13.1. The Labute approximate surface area is 117 Å². The van der Waals surface area contributed by atoms with Crippen LogP contribution in [0.1, 0.15) is 4.88 Å². The molecule has 20 heavy (non-hydrogen) atoms. The quantitative estimate of drug-likeness (QED) is 0.537. The van der Waals surface area contributed by atoms with Crippen molar-refractivity contribution in [2.75, 3.05) is 0 Å². The molecule has 0 spiro atoms. The first kappa shape index (κ1) is 11.5. The smallest absolute Gasteiger partial charge is 0.172 e. The summed E-state index contributed by atoms with van der Waals surface area (Å²) in [6, 6.07) is 6.50. The largest absolute Gasteiger partial charge is 0.271 e. The second kappa shape index (κ2) is 4.08. The Morgan fingerprint density at radius 2 is 1.95 bits per heavy atom. The molecule has 0 saturated carbocycles. The first-order valence-corrected chi connectivity index (χ1v) is 6.89. The monoisotopic (exact) mass is 284 g/mol. The predicted molar refractivity (Wildman–Crippen MR) is 76.3 cm³/mol. The highest BCUT2D eigenvalue weighted by Gasteiger charge is 2.16. The second-order valence-electron chi connectivity index (χ2n) is 4.53. The fourth-order valence-corrected chi connectivity index (χ4v) is 3.42. The van der Waals surface area contributed by atoms with Crippen molar-refractivity contribution in [3.8, 4) is 11.1 Å². The first-order chi connectivity index (χ1) is 9.74. The number of aromatic nitrogens is 4. The molecule has 4 aromatic rings. The molecule has 0 N–H and O–H groups in total. The average molecular weight is 284 g/mol. The maximum Gasteiger partial charge on any atom is 0.172 e. The Kier molecular flexibility index (Phi) is 2.34. The van der Waals surface area contributed by atoms with E-state index in [9.17, 15) is 4.39 Å². The molecular weight excluding hydrogens is 275 g/mol. The molecule has 0 bridgehead atoms. The minimum atomic E-state index is -0.239. The van der Waals surface area contributed by atoms with Crippen molar-refractivity contribution in [3.63, 3.8) is 0 Å². The van der Waals surface area contributed by atoms with Gasteiger partial charge in [-0.3, -0.25) is 4.40 Å². The van der Waals surface area contributed by atoms with Crippen LogP contribution < -0.4 is 0 Å². The van der Waals surface area contributed by atoms with Crippen molar-refractivity contribution >= 4 is 27.2 Å². The molecular formula is C14H9FN4S. The van der Waals surface area contributed by atoms with E-state index >= 15 is 0 Å². The summed E-state index contributed by atoms with van der Waals surface area (Å²) in [4.78, 5) is 6.49. The summed E-state index contributed by atoms with van der Waals surface area (Å²) in [6.07, 6.45) is 3.34. The lowest BCUT2D eigenvalue weighted by atomic mass is 10.0. The summed E-state index contributed by atoms with van der Waals surface area (Å²) in [5.74, 6) is -0.239. The van der Waals surface area contributed by atoms with Gasteiger partial charge in [-0.15, -0.1) is 21.5 Å². The lowest BCUT2D eigenvalue weighted by molar-refractivity contribution is 0.628. The van der Waals surface area contributed by atoms with Crippen molar-refractivity contribution < 1.29 is 4.39 Å². The maximum absolute atomic E-state index is 13.1. The molecule has 0 aliphatic carbocycles. The number of thiophene rings is 1. The SMILES string of the molecule is Cc1sc2ncn3cnnc3c2c1-c1ccc(F)cc1. The number of aryl methyl sites for hydroxylation is 1. The summed E-state index contributed by atoms with van der Waals surface area (Å²) >= 11 is 1.61. The number of nitrogens with zero attached hydrogens (tertiary/aromatic N) is 4. The van der Waals surface area contributed by atoms with Crippen LogP contribution in [-0.2, 0) is 0 Å². The number of fused-ring (bicyclic) bond motifs is 3. The van der Waals surface area contributed by atoms with Gasteiger partial charge in [-0.25, -0.2) is 9.37 Å². The van der Waals surface area contributed by atoms with E-state index in [-0.39, 0.29) is 5.82 Å². The number of hydrogen-bond donors (Lipinski definition) is 0. The van der Waals surface area contributed by atoms with Crippen molar-refractivity contribution in [2.24, 2.45) is 0 Å². The van der Waals surface area contributed by atoms with Crippen molar-refractivity contribution in [1.82, 2.24) is 19.6 Å². The number of hydrogen-bond acceptors (Lipinski definition) is 4. The summed E-state index contributed by atoms with van der Waals surface area (Å²) in [6.45, 7) is 2.04. The highest BCUT2D eigenvalue weighted by atomic mass is 32.1. The van der Waals surface area contributed by atoms with Gasteiger partial charge >= 0.3 is 0 Å². The number of rotatable bonds is 1. The van der Waals surface area contributed by atoms with Gasteiger partial charge in [-0.05, 0) is 24.6 Å². The lowest BCUT2D eigenvalue weighted by Gasteiger charge is -2.02. The van der Waals surface area contributed by atoms with Crippen LogP contribution in [0.25, 0.3) is 27.0 Å². The summed E-state index contributed by atoms with van der Waals surface area (Å²) in [7, 11) is 0. The molecule has 3 aromatic heterocycles. The standard InChI is InChI=1S/C14H9FN4S/c1-8-11(9-2-4-10(15)5-3-9)12-13-18-17-7-19(13)6-16-14(12)20-8/h2-7H,1H3. The van der Waals surface area contributed by atoms with Gasteiger partial charge in [0.2, 0.25) is 0 Å². The summed E-state index contributed by atoms with van der Waals surface area (Å²) in [5, 5.41) is 9.07. The Hall–Kier alpha value is -2.34. The molecule has 4 rings (SSSR count). The summed E-state index contributed by atoms with van der Waals surface area (Å²) in [5.41, 5.74) is 2.79. The molecule has 0 aliphatic heterocycles. The third kappa shape index (κ3) is 1.55. The molecule has 4 nitrogen and oxygen atoms in total. The van der Waals surface area contributed by atoms with Gasteiger partial charge in [0.15, 0.2) is 5.65 Å². The van der Waals surface area contributed by atoms with Gasteiger partial charge in [-0.1, -0.05) is 12.1 Å². The molecule has 1 aromatic carbocycles. The third-order valence-electron chi connectivity index (χ3n) is 3.29. The topological polar surface area (TPSA) is 43.1 Å². The molecule has 0 radical (unpaired) electrons. The molecule has 6 heteroatoms. The third-order valence-corrected chi connectivity index (χ3v) is 4.31. The van der Waals surface area contributed by atoms with Crippen molar-refractivity contribution in [3.05, 3.63) is 47.6 Å². The van der Waals surface area contributed by atoms with E-state index in [0.29, 0.717) is 0 Å². The van der Waals surface area contributed by atoms with E-state index in [1.165, 1.54) is 12.1 Å². The van der Waals surface area contributed by atoms with E-state index in [2.05, 4.69) is 15.2 Å². The predicted octanol–water partition coefficient (Wildman–Crippen LogP) is 3.45. The zero-order valence-corrected chi connectivity index (χ0v) is 11.4. The Morgan fingerprint density at radius 3 is 2.75 bits per heavy atom. The fraction of sp³-hybridized carbons (Fsp3) is 0.0714. The Bertz CT molecular complexity index is 924. The average Bonchev–Trinajstić information content (AvgIpc) is 3.02. The minimum Gasteiger partial charge on any atom is -0.271 e. The van der Waals surface area contributed by atoms with Crippen LogP contribution in [0.3, 0.4) is 0 Å². The van der Waals surface area contributed by atoms with Gasteiger partial charge in [0.05, 0.1) is 5.39 Å². The van der Waals surface area contributed by atoms with Gasteiger partial charge in [-0.2, -0.15) is 0 Å². The lowest BCUT2D eigenvalue weighted by Crippen LogP contribution is -1.88. The van der Waals surface area contributed by atoms with E-state index < -0.39 is 0 Å². The van der Waals surface area contributed by atoms with Crippen molar-refractivity contribution in [1.29, 1.82) is 0 Å². The van der Waals surface area contributed by atoms with E-state index in [1.54, 1.807) is 40.5 Å². The van der Waals surface area contributed by atoms with Gasteiger partial charge in [0.1, 0.15) is 23.3 Å². The number of benzene rings is 1. The van der Waals surface area contributed by atoms with Crippen LogP contribution in [-0.4, -0.2) is 19.6 Å². The fourth-order valence-electron chi connectivity index (χ4n) is 2.41. The van der Waals surface area contributed by atoms with E-state index in [1.807, 2.05) is 6.92 Å². The molecule has 0 atom stereocenters. The van der Waals surface area contributed by atoms with Crippen LogP contribution in [0, 0.1) is 12.7 Å². The van der Waals surface area contributed by atoms with E-state index in [4.69, 9.17) is 0 Å². The zero-order valence-electron chi connectivity index (χ0n) is 10.5. The van der Waals surface area contributed by atoms with E-state index in [0.717, 1.165) is 31.9 Å². The molecule has 0 amide bonds. The zero-order chi connectivity index (χ0) is 13.7. The second-order valence-corrected chi connectivity index (χ2v) is 5.73. The van der Waals surface area contributed by atoms with Crippen LogP contribution in [0.5, 0.6) is 0 Å². The van der Waals surface area contributed by atoms with Crippen LogP contribution in [0.4, 0.5) is 4.39 Å². The highest BCUT2D eigenvalue weighted by Crippen LogP contribution is 2.38. The minimum absolute atomic E-state index is 0.239. The number of halogens is 1. The van der Waals surface area contributed by atoms with Crippen LogP contribution in [0.15, 0.2) is 36.9 Å². The van der Waals surface area contributed by atoms with Crippen molar-refractivity contribution in [2.45, 2.75) is 6.92 Å². The molecule has 3 heterocycles. The van der Waals surface area contributed by atoms with Crippen LogP contribution in [0.2, 0.25) is 0 Å². The van der Waals surface area contributed by atoms with Gasteiger partial charge < -0.3 is 0 Å². The molecule has 0 saturated heterocycles. The normalized spacial score (nSPS) is 11.5. The molecule has 98 valence electrons. The molecule has 0 unspecified atom stereocenters. The molecule has 0 aliphatic rings. The summed E-state index contributed by atoms with van der Waals surface area (Å²) < 4.78 is 14.9. The van der Waals surface area contributed by atoms with Gasteiger partial charge in [0, 0.05) is 10.4 Å². The first-order valence-electron chi connectivity index (χ1n) is 6.07. The van der Waals surface area contributed by atoms with Crippen LogP contribution >= 0.6 is 11.3 Å². The Morgan fingerprint density at radius 1 is 1.15 bits per heavy atom. The Balaban J connectivity index is 2.14. The molecule has 0 fully saturated rings. The highest BCUT2D eigenvalue weighted by molar-refractivity contribution is 7.19.